The highest BCUT2D eigenvalue weighted by Crippen LogP contribution is 2.39. The fourth-order valence-electron chi connectivity index (χ4n) is 2.01. The van der Waals surface area contributed by atoms with Gasteiger partial charge in [-0.1, -0.05) is 0 Å². The van der Waals surface area contributed by atoms with Crippen LogP contribution in [0.2, 0.25) is 0 Å². The fraction of sp³-hybridized carbons (Fsp3) is 0.500. The second-order valence-electron chi connectivity index (χ2n) is 4.64. The van der Waals surface area contributed by atoms with Gasteiger partial charge < -0.3 is 15.2 Å². The lowest BCUT2D eigenvalue weighted by Crippen LogP contribution is -2.25. The molecule has 0 aromatic heterocycles. The molecular formula is C12H14FNO2. The van der Waals surface area contributed by atoms with Crippen LogP contribution in [-0.4, -0.2) is 18.8 Å². The Morgan fingerprint density at radius 2 is 2.00 bits per heavy atom. The Labute approximate surface area is 93.3 Å². The van der Waals surface area contributed by atoms with Crippen LogP contribution in [0.5, 0.6) is 11.5 Å². The molecule has 0 saturated heterocycles. The zero-order valence-electron chi connectivity index (χ0n) is 8.96. The molecule has 86 valence electrons. The third-order valence-electron chi connectivity index (χ3n) is 3.11. The van der Waals surface area contributed by atoms with E-state index < -0.39 is 0 Å². The maximum absolute atomic E-state index is 13.7. The Hall–Kier alpha value is -1.29. The Kier molecular flexibility index (Phi) is 2.07. The molecule has 0 amide bonds. The second-order valence-corrected chi connectivity index (χ2v) is 4.64. The second kappa shape index (κ2) is 3.35. The van der Waals surface area contributed by atoms with Crippen molar-refractivity contribution in [1.82, 2.24) is 0 Å². The molecule has 0 bridgehead atoms. The Morgan fingerprint density at radius 3 is 2.75 bits per heavy atom. The first kappa shape index (κ1) is 9.90. The van der Waals surface area contributed by atoms with Gasteiger partial charge in [0.05, 0.1) is 0 Å². The molecule has 3 nitrogen and oxygen atoms in total. The Morgan fingerprint density at radius 1 is 1.25 bits per heavy atom. The van der Waals surface area contributed by atoms with Gasteiger partial charge in [0.2, 0.25) is 0 Å². The maximum Gasteiger partial charge on any atom is 0.197 e. The number of hydrogen-bond donors (Lipinski definition) is 1. The van der Waals surface area contributed by atoms with Crippen LogP contribution >= 0.6 is 0 Å². The highest BCUT2D eigenvalue weighted by molar-refractivity contribution is 5.45. The summed E-state index contributed by atoms with van der Waals surface area (Å²) < 4.78 is 24.3. The van der Waals surface area contributed by atoms with Gasteiger partial charge in [-0.25, -0.2) is 4.39 Å². The summed E-state index contributed by atoms with van der Waals surface area (Å²) >= 11 is 0. The lowest BCUT2D eigenvalue weighted by Gasteiger charge is -2.20. The molecule has 3 rings (SSSR count). The van der Waals surface area contributed by atoms with Gasteiger partial charge in [0.1, 0.15) is 13.2 Å². The van der Waals surface area contributed by atoms with E-state index in [0.717, 1.165) is 18.4 Å². The van der Waals surface area contributed by atoms with Crippen molar-refractivity contribution in [3.63, 3.8) is 0 Å². The molecule has 1 fully saturated rings. The van der Waals surface area contributed by atoms with E-state index in [-0.39, 0.29) is 17.1 Å². The first-order chi connectivity index (χ1) is 7.66. The number of benzene rings is 1. The minimum absolute atomic E-state index is 0.115. The van der Waals surface area contributed by atoms with Crippen molar-refractivity contribution in [2.75, 3.05) is 13.2 Å². The normalized spacial score (nSPS) is 20.6. The van der Waals surface area contributed by atoms with Crippen molar-refractivity contribution < 1.29 is 13.9 Å². The van der Waals surface area contributed by atoms with Gasteiger partial charge in [0.15, 0.2) is 17.3 Å². The molecule has 1 aromatic carbocycles. The fourth-order valence-corrected chi connectivity index (χ4v) is 2.01. The zero-order chi connectivity index (χ0) is 11.2. The van der Waals surface area contributed by atoms with Crippen LogP contribution in [0.3, 0.4) is 0 Å². The summed E-state index contributed by atoms with van der Waals surface area (Å²) in [5, 5.41) is 0. The topological polar surface area (TPSA) is 44.5 Å². The standard InChI is InChI=1S/C12H14FNO2/c13-9-5-8(7-12(14)1-2-12)6-10-11(9)16-4-3-15-10/h5-6H,1-4,7,14H2. The lowest BCUT2D eigenvalue weighted by atomic mass is 10.0. The van der Waals surface area contributed by atoms with E-state index in [1.165, 1.54) is 6.07 Å². The molecule has 1 aliphatic carbocycles. The number of ether oxygens (including phenoxy) is 2. The lowest BCUT2D eigenvalue weighted by molar-refractivity contribution is 0.164. The van der Waals surface area contributed by atoms with Crippen molar-refractivity contribution in [3.05, 3.63) is 23.5 Å². The molecule has 4 heteroatoms. The van der Waals surface area contributed by atoms with E-state index in [1.54, 1.807) is 0 Å². The molecule has 0 unspecified atom stereocenters. The highest BCUT2D eigenvalue weighted by Gasteiger charge is 2.38. The van der Waals surface area contributed by atoms with Crippen molar-refractivity contribution in [2.24, 2.45) is 5.73 Å². The summed E-state index contributed by atoms with van der Waals surface area (Å²) in [4.78, 5) is 0. The first-order valence-corrected chi connectivity index (χ1v) is 5.53. The van der Waals surface area contributed by atoms with Crippen LogP contribution in [-0.2, 0) is 6.42 Å². The first-order valence-electron chi connectivity index (χ1n) is 5.53. The average Bonchev–Trinajstić information content (AvgIpc) is 2.96. The predicted octanol–water partition coefficient (Wildman–Crippen LogP) is 1.63. The summed E-state index contributed by atoms with van der Waals surface area (Å²) in [6, 6.07) is 3.34. The minimum Gasteiger partial charge on any atom is -0.486 e. The van der Waals surface area contributed by atoms with E-state index in [9.17, 15) is 4.39 Å². The van der Waals surface area contributed by atoms with Crippen LogP contribution in [0.4, 0.5) is 4.39 Å². The molecular weight excluding hydrogens is 209 g/mol. The molecule has 2 aliphatic rings. The van der Waals surface area contributed by atoms with Gasteiger partial charge in [-0.05, 0) is 37.0 Å². The van der Waals surface area contributed by atoms with Crippen molar-refractivity contribution in [3.8, 4) is 11.5 Å². The molecule has 16 heavy (non-hydrogen) atoms. The molecule has 2 N–H and O–H groups in total. The van der Waals surface area contributed by atoms with E-state index in [0.29, 0.717) is 25.4 Å². The molecule has 1 aromatic rings. The summed E-state index contributed by atoms with van der Waals surface area (Å²) in [5.41, 5.74) is 6.79. The Balaban J connectivity index is 1.92. The Bertz CT molecular complexity index is 429. The average molecular weight is 223 g/mol. The highest BCUT2D eigenvalue weighted by atomic mass is 19.1. The third kappa shape index (κ3) is 1.73. The monoisotopic (exact) mass is 223 g/mol. The van der Waals surface area contributed by atoms with Crippen LogP contribution in [0, 0.1) is 5.82 Å². The number of fused-ring (bicyclic) bond motifs is 1. The predicted molar refractivity (Wildman–Crippen MR) is 57.2 cm³/mol. The van der Waals surface area contributed by atoms with Gasteiger partial charge in [-0.15, -0.1) is 0 Å². The van der Waals surface area contributed by atoms with Crippen molar-refractivity contribution >= 4 is 0 Å². The van der Waals surface area contributed by atoms with Crippen LogP contribution < -0.4 is 15.2 Å². The van der Waals surface area contributed by atoms with E-state index in [4.69, 9.17) is 15.2 Å². The third-order valence-corrected chi connectivity index (χ3v) is 3.11. The van der Waals surface area contributed by atoms with Crippen LogP contribution in [0.15, 0.2) is 12.1 Å². The van der Waals surface area contributed by atoms with Gasteiger partial charge in [0.25, 0.3) is 0 Å². The molecule has 1 aliphatic heterocycles. The molecule has 0 radical (unpaired) electrons. The number of rotatable bonds is 2. The van der Waals surface area contributed by atoms with Gasteiger partial charge in [0, 0.05) is 5.54 Å². The summed E-state index contributed by atoms with van der Waals surface area (Å²) in [7, 11) is 0. The largest absolute Gasteiger partial charge is 0.486 e. The molecule has 0 atom stereocenters. The smallest absolute Gasteiger partial charge is 0.197 e. The SMILES string of the molecule is NC1(Cc2cc(F)c3c(c2)OCCO3)CC1. The molecule has 0 spiro atoms. The number of halogens is 1. The number of nitrogens with two attached hydrogens (primary N) is 1. The summed E-state index contributed by atoms with van der Waals surface area (Å²) in [6.45, 7) is 0.883. The quantitative estimate of drug-likeness (QED) is 0.828. The zero-order valence-corrected chi connectivity index (χ0v) is 8.96. The van der Waals surface area contributed by atoms with Crippen molar-refractivity contribution in [1.29, 1.82) is 0 Å². The van der Waals surface area contributed by atoms with Gasteiger partial charge >= 0.3 is 0 Å². The summed E-state index contributed by atoms with van der Waals surface area (Å²) in [5.74, 6) is 0.388. The van der Waals surface area contributed by atoms with Crippen LogP contribution in [0.25, 0.3) is 0 Å². The summed E-state index contributed by atoms with van der Waals surface area (Å²) in [6.07, 6.45) is 2.74. The van der Waals surface area contributed by atoms with Crippen molar-refractivity contribution in [2.45, 2.75) is 24.8 Å². The van der Waals surface area contributed by atoms with Gasteiger partial charge in [-0.2, -0.15) is 0 Å². The van der Waals surface area contributed by atoms with Gasteiger partial charge in [-0.3, -0.25) is 0 Å². The van der Waals surface area contributed by atoms with E-state index >= 15 is 0 Å². The minimum atomic E-state index is -0.351. The maximum atomic E-state index is 13.7. The van der Waals surface area contributed by atoms with E-state index in [1.807, 2.05) is 6.07 Å². The molecule has 1 saturated carbocycles. The van der Waals surface area contributed by atoms with Crippen LogP contribution in [0.1, 0.15) is 18.4 Å². The molecule has 1 heterocycles. The van der Waals surface area contributed by atoms with E-state index in [2.05, 4.69) is 0 Å². The number of hydrogen-bond acceptors (Lipinski definition) is 3.